The van der Waals surface area contributed by atoms with Crippen LogP contribution in [0.5, 0.6) is 23.0 Å². The summed E-state index contributed by atoms with van der Waals surface area (Å²) < 4.78 is 32.9. The Labute approximate surface area is 575 Å². The normalized spacial score (nSPS) is 13.9. The third-order valence-electron chi connectivity index (χ3n) is 18.0. The molecule has 0 aliphatic carbocycles. The van der Waals surface area contributed by atoms with Gasteiger partial charge in [-0.2, -0.15) is 15.3 Å². The molecule has 8 heterocycles. The molecule has 3 amide bonds. The van der Waals surface area contributed by atoms with Crippen LogP contribution in [-0.2, 0) is 97.8 Å². The molecule has 14 rings (SSSR count). The number of aliphatic hydroxyl groups excluding tert-OH is 3. The van der Waals surface area contributed by atoms with Gasteiger partial charge in [0, 0.05) is 137 Å². The van der Waals surface area contributed by atoms with Gasteiger partial charge in [0.25, 0.3) is 17.7 Å². The first-order valence-electron chi connectivity index (χ1n) is 33.5. The Hall–Kier alpha value is -10.4. The number of carbonyl (C=O) groups excluding carboxylic acids is 3. The summed E-state index contributed by atoms with van der Waals surface area (Å²) in [4.78, 5) is 46.1. The third-order valence-corrected chi connectivity index (χ3v) is 18.0. The van der Waals surface area contributed by atoms with Crippen LogP contribution in [0.25, 0.3) is 11.3 Å². The molecule has 0 saturated heterocycles. The molecule has 23 nitrogen and oxygen atoms in total. The number of nitrogens with zero attached hydrogens (tertiary/aromatic N) is 9. The molecule has 23 heteroatoms. The average molecular weight is 1340 g/mol. The van der Waals surface area contributed by atoms with Crippen molar-refractivity contribution in [2.24, 2.45) is 0 Å². The third kappa shape index (κ3) is 16.9. The minimum Gasteiger partial charge on any atom is -0.497 e. The fourth-order valence-corrected chi connectivity index (χ4v) is 13.2. The largest absolute Gasteiger partial charge is 0.497 e. The van der Waals surface area contributed by atoms with Gasteiger partial charge in [0.1, 0.15) is 11.5 Å². The molecule has 0 radical (unpaired) electrons. The number of fused-ring (bicyclic) bond motifs is 4. The first-order chi connectivity index (χ1) is 48.6. The lowest BCUT2D eigenvalue weighted by molar-refractivity contribution is 0.0934. The van der Waals surface area contributed by atoms with Crippen molar-refractivity contribution in [3.63, 3.8) is 0 Å². The van der Waals surface area contributed by atoms with E-state index in [1.165, 1.54) is 11.1 Å². The second kappa shape index (κ2) is 33.2. The van der Waals surface area contributed by atoms with Gasteiger partial charge in [0.2, 0.25) is 12.5 Å². The number of methoxy groups -OCH3 is 2. The topological polar surface area (TPSA) is 261 Å². The predicted molar refractivity (Wildman–Crippen MR) is 370 cm³/mol. The fraction of sp³-hybridized carbons (Fsp3) is 0.316. The van der Waals surface area contributed by atoms with Gasteiger partial charge in [-0.3, -0.25) is 43.1 Å². The summed E-state index contributed by atoms with van der Waals surface area (Å²) in [6.07, 6.45) is 4.00. The SMILES string of the molecule is COc1cc(CN2CCc3c(c(C(=O)NCc4ccccc4)nn3CCO)C2)cc2c1OCO2.COc1cccc(CN2CCc3c(c(C(=O)NCc4ccccc4)nn3CCO)C2)c1.O=C(NCc1ccccc1)c1nn(CCO)c2c1CN(Cc1ccccc1-c1ccco1)CC2. The van der Waals surface area contributed by atoms with Gasteiger partial charge in [-0.15, -0.1) is 0 Å². The molecule has 99 heavy (non-hydrogen) atoms. The van der Waals surface area contributed by atoms with Crippen LogP contribution in [0.1, 0.15) is 98.6 Å². The monoisotopic (exact) mass is 1340 g/mol. The second-order valence-corrected chi connectivity index (χ2v) is 24.6. The fourth-order valence-electron chi connectivity index (χ4n) is 13.2. The van der Waals surface area contributed by atoms with Crippen molar-refractivity contribution >= 4 is 17.7 Å². The van der Waals surface area contributed by atoms with E-state index in [-0.39, 0.29) is 44.3 Å². The summed E-state index contributed by atoms with van der Waals surface area (Å²) in [6.45, 7) is 9.19. The highest BCUT2D eigenvalue weighted by molar-refractivity contribution is 5.95. The zero-order valence-corrected chi connectivity index (χ0v) is 55.9. The minimum absolute atomic E-state index is 0.00722. The Morgan fingerprint density at radius 3 is 1.38 bits per heavy atom. The van der Waals surface area contributed by atoms with Crippen LogP contribution < -0.4 is 34.9 Å². The van der Waals surface area contributed by atoms with Gasteiger partial charge in [-0.25, -0.2) is 0 Å². The van der Waals surface area contributed by atoms with Gasteiger partial charge in [0.05, 0.1) is 59.9 Å². The smallest absolute Gasteiger partial charge is 0.272 e. The van der Waals surface area contributed by atoms with Crippen molar-refractivity contribution in [1.29, 1.82) is 0 Å². The Balaban J connectivity index is 0.000000141. The molecule has 0 spiro atoms. The van der Waals surface area contributed by atoms with E-state index in [4.69, 9.17) is 23.4 Å². The number of furan rings is 1. The highest BCUT2D eigenvalue weighted by Gasteiger charge is 2.32. The lowest BCUT2D eigenvalue weighted by atomic mass is 10.0. The van der Waals surface area contributed by atoms with E-state index >= 15 is 0 Å². The molecule has 4 aliphatic heterocycles. The standard InChI is InChI=1S/C27H28N4O3.C25H28N4O5.C24H28N4O3/c32-15-14-31-24-12-13-30(18-21-9-4-5-10-22(21)25-11-6-16-34-25)19-23(24)26(29-31)27(33)28-17-20-7-2-1-3-8-20;1-32-21-11-18(12-22-24(21)34-16-33-22)14-28-8-7-20-19(15-28)23(27-29(20)9-10-30)25(31)26-13-17-5-3-2-4-6-17;1-31-20-9-5-8-19(14-20)16-27-11-10-22-21(17-27)23(26-28(22)12-13-29)24(30)25-15-18-6-3-2-4-7-18/h1-11,16,32H,12-15,17-19H2,(H,28,33);2-6,11-12,30H,7-10,13-16H2,1H3,(H,26,31);2-9,14,29H,10-13,15-17H2,1H3,(H,25,30). The van der Waals surface area contributed by atoms with Crippen molar-refractivity contribution < 1.29 is 53.1 Å². The van der Waals surface area contributed by atoms with E-state index < -0.39 is 0 Å². The first kappa shape index (κ1) is 68.5. The summed E-state index contributed by atoms with van der Waals surface area (Å²) in [5, 5.41) is 51.1. The summed E-state index contributed by atoms with van der Waals surface area (Å²) in [5.41, 5.74) is 14.8. The highest BCUT2D eigenvalue weighted by Crippen LogP contribution is 2.42. The van der Waals surface area contributed by atoms with Crippen LogP contribution in [0.15, 0.2) is 174 Å². The first-order valence-corrected chi connectivity index (χ1v) is 33.5. The lowest BCUT2D eigenvalue weighted by Gasteiger charge is -2.28. The molecule has 6 aromatic carbocycles. The molecule has 0 saturated carbocycles. The van der Waals surface area contributed by atoms with Crippen LogP contribution in [0.2, 0.25) is 0 Å². The lowest BCUT2D eigenvalue weighted by Crippen LogP contribution is -2.32. The van der Waals surface area contributed by atoms with Crippen LogP contribution >= 0.6 is 0 Å². The summed E-state index contributed by atoms with van der Waals surface area (Å²) >= 11 is 0. The van der Waals surface area contributed by atoms with E-state index in [2.05, 4.69) is 64.1 Å². The van der Waals surface area contributed by atoms with E-state index in [1.807, 2.05) is 146 Å². The zero-order chi connectivity index (χ0) is 68.5. The zero-order valence-electron chi connectivity index (χ0n) is 55.9. The Morgan fingerprint density at radius 1 is 0.475 bits per heavy atom. The predicted octanol–water partition coefficient (Wildman–Crippen LogP) is 8.10. The summed E-state index contributed by atoms with van der Waals surface area (Å²) in [5.74, 6) is 3.09. The number of aliphatic hydroxyl groups is 3. The van der Waals surface area contributed by atoms with E-state index in [0.717, 1.165) is 125 Å². The van der Waals surface area contributed by atoms with E-state index in [9.17, 15) is 29.7 Å². The molecule has 0 bridgehead atoms. The maximum atomic E-state index is 13.1. The molecule has 514 valence electrons. The van der Waals surface area contributed by atoms with Crippen molar-refractivity contribution in [3.8, 4) is 34.3 Å². The van der Waals surface area contributed by atoms with Crippen LogP contribution in [0.4, 0.5) is 0 Å². The molecule has 0 fully saturated rings. The maximum Gasteiger partial charge on any atom is 0.272 e. The summed E-state index contributed by atoms with van der Waals surface area (Å²) in [7, 11) is 3.28. The van der Waals surface area contributed by atoms with Crippen molar-refractivity contribution in [1.82, 2.24) is 60.0 Å². The van der Waals surface area contributed by atoms with Crippen LogP contribution in [0.3, 0.4) is 0 Å². The van der Waals surface area contributed by atoms with Crippen molar-refractivity contribution in [3.05, 3.63) is 254 Å². The van der Waals surface area contributed by atoms with Crippen LogP contribution in [-0.4, -0.2) is 138 Å². The molecule has 10 aromatic rings. The number of nitrogens with one attached hydrogen (secondary N) is 3. The Morgan fingerprint density at radius 2 is 0.929 bits per heavy atom. The number of rotatable bonds is 24. The van der Waals surface area contributed by atoms with Gasteiger partial charge < -0.3 is 54.6 Å². The molecular formula is C76H84N12O11. The van der Waals surface area contributed by atoms with Gasteiger partial charge in [-0.05, 0) is 69.8 Å². The number of ether oxygens (including phenoxy) is 4. The number of amides is 3. The number of aromatic nitrogens is 6. The molecule has 4 aromatic heterocycles. The highest BCUT2D eigenvalue weighted by atomic mass is 16.7. The second-order valence-electron chi connectivity index (χ2n) is 24.6. The maximum absolute atomic E-state index is 13.1. The number of benzene rings is 6. The molecule has 0 atom stereocenters. The molecular weight excluding hydrogens is 1260 g/mol. The molecule has 0 unspecified atom stereocenters. The van der Waals surface area contributed by atoms with Gasteiger partial charge in [-0.1, -0.05) is 127 Å². The number of carbonyl (C=O) groups is 3. The van der Waals surface area contributed by atoms with Crippen molar-refractivity contribution in [2.75, 3.05) is 60.5 Å². The van der Waals surface area contributed by atoms with Gasteiger partial charge >= 0.3 is 0 Å². The number of hydrogen-bond acceptors (Lipinski definition) is 17. The molecule has 6 N–H and O–H groups in total. The summed E-state index contributed by atoms with van der Waals surface area (Å²) in [6, 6.07) is 53.6. The molecule has 4 aliphatic rings. The Kier molecular flexibility index (Phi) is 23.0. The quantitative estimate of drug-likeness (QED) is 0.0334. The van der Waals surface area contributed by atoms with Crippen molar-refractivity contribution in [2.45, 2.75) is 97.8 Å². The Bertz CT molecular complexity index is 4330. The van der Waals surface area contributed by atoms with Crippen LogP contribution in [0, 0.1) is 0 Å². The number of hydrogen-bond donors (Lipinski definition) is 6. The van der Waals surface area contributed by atoms with E-state index in [0.29, 0.717) is 99.8 Å². The minimum atomic E-state index is -0.205. The van der Waals surface area contributed by atoms with E-state index in [1.54, 1.807) is 34.5 Å². The van der Waals surface area contributed by atoms with Gasteiger partial charge in [0.15, 0.2) is 28.6 Å². The average Bonchev–Trinajstić information content (AvgIpc) is 1.66.